The monoisotopic (exact) mass is 474 g/mol. The Balaban J connectivity index is 1.76. The van der Waals surface area contributed by atoms with Crippen LogP contribution in [-0.2, 0) is 14.4 Å². The number of carbonyl (C=O) groups is 5. The van der Waals surface area contributed by atoms with Crippen LogP contribution in [0.5, 0.6) is 5.75 Å². The Kier molecular flexibility index (Phi) is 8.28. The van der Waals surface area contributed by atoms with Crippen LogP contribution in [0.3, 0.4) is 0 Å². The molecule has 2 aliphatic heterocycles. The maximum Gasteiger partial charge on any atom is 0.317 e. The minimum atomic E-state index is -1.20. The molecular formula is C22H30N6O6. The molecule has 2 heterocycles. The van der Waals surface area contributed by atoms with E-state index in [1.165, 1.54) is 4.90 Å². The van der Waals surface area contributed by atoms with Crippen LogP contribution in [0.1, 0.15) is 23.7 Å². The average molecular weight is 475 g/mol. The maximum absolute atomic E-state index is 13.0. The molecule has 184 valence electrons. The zero-order valence-electron chi connectivity index (χ0n) is 19.3. The summed E-state index contributed by atoms with van der Waals surface area (Å²) < 4.78 is 5.72. The number of rotatable bonds is 4. The number of ether oxygens (including phenoxy) is 1. The molecule has 34 heavy (non-hydrogen) atoms. The lowest BCUT2D eigenvalue weighted by atomic mass is 10.1. The minimum Gasteiger partial charge on any atom is -0.491 e. The van der Waals surface area contributed by atoms with Crippen LogP contribution < -0.4 is 26.0 Å². The first-order valence-corrected chi connectivity index (χ1v) is 11.1. The molecule has 1 aromatic rings. The van der Waals surface area contributed by atoms with Gasteiger partial charge in [-0.25, -0.2) is 4.79 Å². The van der Waals surface area contributed by atoms with Crippen LogP contribution in [0, 0.1) is 0 Å². The van der Waals surface area contributed by atoms with Crippen molar-refractivity contribution in [1.29, 1.82) is 0 Å². The quantitative estimate of drug-likeness (QED) is 0.425. The van der Waals surface area contributed by atoms with E-state index >= 15 is 0 Å². The highest BCUT2D eigenvalue weighted by atomic mass is 16.5. The van der Waals surface area contributed by atoms with Gasteiger partial charge in [-0.05, 0) is 19.1 Å². The SMILES string of the molecule is C[C@@H]1NC(=O)C[C@@H](C(=O)NCCN2CCNC2=O)NC(=O)c2ccccc2OCCN(C)C1=O. The second kappa shape index (κ2) is 11.3. The zero-order chi connectivity index (χ0) is 24.7. The van der Waals surface area contributed by atoms with Crippen LogP contribution >= 0.6 is 0 Å². The summed E-state index contributed by atoms with van der Waals surface area (Å²) in [4.78, 5) is 65.6. The van der Waals surface area contributed by atoms with Crippen molar-refractivity contribution in [2.24, 2.45) is 0 Å². The second-order valence-electron chi connectivity index (χ2n) is 8.13. The number of para-hydroxylation sites is 1. The fraction of sp³-hybridized carbons (Fsp3) is 0.500. The van der Waals surface area contributed by atoms with Crippen molar-refractivity contribution in [2.45, 2.75) is 25.4 Å². The van der Waals surface area contributed by atoms with E-state index in [1.54, 1.807) is 43.1 Å². The third-order valence-electron chi connectivity index (χ3n) is 5.58. The number of urea groups is 1. The highest BCUT2D eigenvalue weighted by molar-refractivity contribution is 6.01. The van der Waals surface area contributed by atoms with Gasteiger partial charge >= 0.3 is 6.03 Å². The van der Waals surface area contributed by atoms with Crippen LogP contribution in [0.4, 0.5) is 4.79 Å². The lowest BCUT2D eigenvalue weighted by molar-refractivity contribution is -0.135. The topological polar surface area (TPSA) is 149 Å². The largest absolute Gasteiger partial charge is 0.491 e. The Bertz CT molecular complexity index is 954. The molecule has 2 atom stereocenters. The van der Waals surface area contributed by atoms with Gasteiger partial charge in [0.15, 0.2) is 0 Å². The summed E-state index contributed by atoms with van der Waals surface area (Å²) in [5, 5.41) is 10.5. The van der Waals surface area contributed by atoms with E-state index in [0.29, 0.717) is 25.4 Å². The Morgan fingerprint density at radius 1 is 1.15 bits per heavy atom. The molecule has 0 spiro atoms. The van der Waals surface area contributed by atoms with Crippen molar-refractivity contribution in [2.75, 3.05) is 46.4 Å². The summed E-state index contributed by atoms with van der Waals surface area (Å²) in [7, 11) is 1.59. The molecule has 6 amide bonds. The normalized spacial score (nSPS) is 22.1. The van der Waals surface area contributed by atoms with Gasteiger partial charge in [0.1, 0.15) is 24.4 Å². The van der Waals surface area contributed by atoms with E-state index in [9.17, 15) is 24.0 Å². The van der Waals surface area contributed by atoms with E-state index < -0.39 is 29.8 Å². The molecule has 12 nitrogen and oxygen atoms in total. The molecule has 1 saturated heterocycles. The Labute approximate surface area is 197 Å². The second-order valence-corrected chi connectivity index (χ2v) is 8.13. The highest BCUT2D eigenvalue weighted by Crippen LogP contribution is 2.18. The van der Waals surface area contributed by atoms with E-state index in [2.05, 4.69) is 21.3 Å². The van der Waals surface area contributed by atoms with Crippen molar-refractivity contribution >= 4 is 29.7 Å². The third kappa shape index (κ3) is 6.36. The molecule has 1 aromatic carbocycles. The summed E-state index contributed by atoms with van der Waals surface area (Å²) in [5.41, 5.74) is 0.203. The number of nitrogens with one attached hydrogen (secondary N) is 4. The standard InChI is InChI=1S/C22H30N6O6/c1-14-21(32)27(2)11-12-34-17-6-4-3-5-15(17)19(30)26-16(13-18(29)25-14)20(31)23-7-9-28-10-8-24-22(28)33/h3-6,14,16H,7-13H2,1-2H3,(H,23,31)(H,24,33)(H,25,29)(H,26,30)/t14-,16-/m0/s1. The number of amides is 6. The fourth-order valence-corrected chi connectivity index (χ4v) is 3.67. The first-order valence-electron chi connectivity index (χ1n) is 11.1. The lowest BCUT2D eigenvalue weighted by Crippen LogP contribution is -2.52. The number of carbonyl (C=O) groups excluding carboxylic acids is 5. The highest BCUT2D eigenvalue weighted by Gasteiger charge is 2.28. The van der Waals surface area contributed by atoms with Gasteiger partial charge in [-0.2, -0.15) is 0 Å². The van der Waals surface area contributed by atoms with Crippen LogP contribution in [0.2, 0.25) is 0 Å². The van der Waals surface area contributed by atoms with Crippen molar-refractivity contribution in [3.63, 3.8) is 0 Å². The predicted octanol–water partition coefficient (Wildman–Crippen LogP) is -1.33. The molecule has 3 rings (SSSR count). The van der Waals surface area contributed by atoms with Crippen molar-refractivity contribution in [3.05, 3.63) is 29.8 Å². The number of hydrogen-bond donors (Lipinski definition) is 4. The molecule has 0 unspecified atom stereocenters. The van der Waals surface area contributed by atoms with Gasteiger partial charge in [-0.1, -0.05) is 12.1 Å². The summed E-state index contributed by atoms with van der Waals surface area (Å²) in [5.74, 6) is -1.72. The van der Waals surface area contributed by atoms with Crippen molar-refractivity contribution in [1.82, 2.24) is 31.1 Å². The van der Waals surface area contributed by atoms with E-state index in [0.717, 1.165) is 0 Å². The summed E-state index contributed by atoms with van der Waals surface area (Å²) in [6, 6.07) is 4.31. The summed E-state index contributed by atoms with van der Waals surface area (Å²) in [6.45, 7) is 3.47. The molecule has 12 heteroatoms. The smallest absolute Gasteiger partial charge is 0.317 e. The number of nitrogens with zero attached hydrogens (tertiary/aromatic N) is 2. The average Bonchev–Trinajstić information content (AvgIpc) is 3.22. The van der Waals surface area contributed by atoms with Crippen LogP contribution in [0.15, 0.2) is 24.3 Å². The number of likely N-dealkylation sites (N-methyl/N-ethyl adjacent to an activating group) is 1. The minimum absolute atomic E-state index is 0.140. The Hall–Kier alpha value is -3.83. The number of fused-ring (bicyclic) bond motifs is 1. The molecule has 0 aromatic heterocycles. The maximum atomic E-state index is 13.0. The lowest BCUT2D eigenvalue weighted by Gasteiger charge is -2.25. The molecular weight excluding hydrogens is 444 g/mol. The predicted molar refractivity (Wildman–Crippen MR) is 121 cm³/mol. The third-order valence-corrected chi connectivity index (χ3v) is 5.58. The van der Waals surface area contributed by atoms with Gasteiger partial charge in [-0.3, -0.25) is 19.2 Å². The van der Waals surface area contributed by atoms with Gasteiger partial charge in [0.05, 0.1) is 18.5 Å². The zero-order valence-corrected chi connectivity index (χ0v) is 19.3. The van der Waals surface area contributed by atoms with E-state index in [-0.39, 0.29) is 43.6 Å². The van der Waals surface area contributed by atoms with E-state index in [1.807, 2.05) is 0 Å². The van der Waals surface area contributed by atoms with Gasteiger partial charge in [0.25, 0.3) is 5.91 Å². The molecule has 0 saturated carbocycles. The van der Waals surface area contributed by atoms with Gasteiger partial charge < -0.3 is 35.8 Å². The van der Waals surface area contributed by atoms with Gasteiger partial charge in [0.2, 0.25) is 17.7 Å². The molecule has 0 aliphatic carbocycles. The fourth-order valence-electron chi connectivity index (χ4n) is 3.67. The number of benzene rings is 1. The summed E-state index contributed by atoms with van der Waals surface area (Å²) >= 11 is 0. The van der Waals surface area contributed by atoms with Gasteiger partial charge in [0, 0.05) is 33.2 Å². The van der Waals surface area contributed by atoms with Crippen molar-refractivity contribution in [3.8, 4) is 5.75 Å². The van der Waals surface area contributed by atoms with Crippen LogP contribution in [0.25, 0.3) is 0 Å². The van der Waals surface area contributed by atoms with E-state index in [4.69, 9.17) is 4.74 Å². The summed E-state index contributed by atoms with van der Waals surface area (Å²) in [6.07, 6.45) is -0.369. The first kappa shape index (κ1) is 24.8. The Morgan fingerprint density at radius 3 is 2.65 bits per heavy atom. The first-order chi connectivity index (χ1) is 16.3. The molecule has 4 N–H and O–H groups in total. The molecule has 2 aliphatic rings. The van der Waals surface area contributed by atoms with Gasteiger partial charge in [-0.15, -0.1) is 0 Å². The van der Waals surface area contributed by atoms with Crippen LogP contribution in [-0.4, -0.2) is 97.9 Å². The Morgan fingerprint density at radius 2 is 1.91 bits per heavy atom. The molecule has 0 bridgehead atoms. The molecule has 1 fully saturated rings. The molecule has 0 radical (unpaired) electrons. The van der Waals surface area contributed by atoms with Crippen molar-refractivity contribution < 1.29 is 28.7 Å². The number of hydrogen-bond acceptors (Lipinski definition) is 6.